The van der Waals surface area contributed by atoms with Crippen molar-refractivity contribution in [3.05, 3.63) is 95.6 Å². The third-order valence-electron chi connectivity index (χ3n) is 5.90. The molecule has 1 heterocycles. The van der Waals surface area contributed by atoms with Gasteiger partial charge in [-0.15, -0.1) is 0 Å². The van der Waals surface area contributed by atoms with Crippen molar-refractivity contribution < 1.29 is 14.3 Å². The lowest BCUT2D eigenvalue weighted by atomic mass is 10.1. The second kappa shape index (κ2) is 10.8. The number of para-hydroxylation sites is 1. The van der Waals surface area contributed by atoms with Crippen molar-refractivity contribution in [1.82, 2.24) is 4.90 Å². The van der Waals surface area contributed by atoms with Crippen LogP contribution in [0.15, 0.2) is 78.9 Å². The minimum atomic E-state index is -0.137. The maximum Gasteiger partial charge on any atom is 0.265 e. The highest BCUT2D eigenvalue weighted by Gasteiger charge is 2.20. The Balaban J connectivity index is 1.53. The zero-order valence-corrected chi connectivity index (χ0v) is 19.1. The summed E-state index contributed by atoms with van der Waals surface area (Å²) in [6.45, 7) is 4.09. The number of anilines is 1. The predicted molar refractivity (Wildman–Crippen MR) is 130 cm³/mol. The Kier molecular flexibility index (Phi) is 7.40. The van der Waals surface area contributed by atoms with Crippen molar-refractivity contribution in [2.45, 2.75) is 32.7 Å². The summed E-state index contributed by atoms with van der Waals surface area (Å²) in [5.41, 5.74) is 3.89. The highest BCUT2D eigenvalue weighted by atomic mass is 16.5. The fourth-order valence-electron chi connectivity index (χ4n) is 4.03. The average Bonchev–Trinajstić information content (AvgIpc) is 3.38. The Bertz CT molecular complexity index is 1070. The molecule has 1 aliphatic rings. The molecule has 33 heavy (non-hydrogen) atoms. The molecular formula is C28H30N2O3. The number of benzene rings is 3. The Hall–Kier alpha value is -3.60. The lowest BCUT2D eigenvalue weighted by Crippen LogP contribution is -2.34. The van der Waals surface area contributed by atoms with Crippen LogP contribution in [0, 0.1) is 6.92 Å². The van der Waals surface area contributed by atoms with E-state index >= 15 is 0 Å². The second-order valence-electron chi connectivity index (χ2n) is 8.50. The third-order valence-corrected chi connectivity index (χ3v) is 5.90. The monoisotopic (exact) mass is 442 g/mol. The van der Waals surface area contributed by atoms with Gasteiger partial charge < -0.3 is 14.5 Å². The topological polar surface area (TPSA) is 49.9 Å². The van der Waals surface area contributed by atoms with Crippen molar-refractivity contribution in [1.29, 1.82) is 0 Å². The van der Waals surface area contributed by atoms with E-state index in [-0.39, 0.29) is 18.4 Å². The smallest absolute Gasteiger partial charge is 0.265 e. The fourth-order valence-corrected chi connectivity index (χ4v) is 4.03. The van der Waals surface area contributed by atoms with Crippen LogP contribution in [0.1, 0.15) is 29.5 Å². The van der Waals surface area contributed by atoms with Crippen molar-refractivity contribution in [3.63, 3.8) is 0 Å². The van der Waals surface area contributed by atoms with Gasteiger partial charge in [-0.25, -0.2) is 0 Å². The van der Waals surface area contributed by atoms with Gasteiger partial charge in [0.05, 0.1) is 13.0 Å². The number of carbonyl (C=O) groups excluding carboxylic acids is 2. The van der Waals surface area contributed by atoms with Gasteiger partial charge in [0, 0.05) is 18.8 Å². The van der Waals surface area contributed by atoms with Crippen LogP contribution in [-0.4, -0.2) is 36.4 Å². The van der Waals surface area contributed by atoms with E-state index < -0.39 is 0 Å². The summed E-state index contributed by atoms with van der Waals surface area (Å²) in [4.78, 5) is 29.6. The first-order valence-electron chi connectivity index (χ1n) is 11.5. The van der Waals surface area contributed by atoms with Crippen LogP contribution in [0.25, 0.3) is 0 Å². The second-order valence-corrected chi connectivity index (χ2v) is 8.50. The van der Waals surface area contributed by atoms with Crippen LogP contribution in [0.5, 0.6) is 5.75 Å². The molecule has 0 N–H and O–H groups in total. The third kappa shape index (κ3) is 6.22. The fraction of sp³-hybridized carbons (Fsp3) is 0.286. The SMILES string of the molecule is Cc1ccc(CN(C(=O)COc2ccccc2)c2cccc(CC(=O)N3CCCC3)c2)cc1. The zero-order chi connectivity index (χ0) is 23.0. The molecule has 0 aliphatic carbocycles. The van der Waals surface area contributed by atoms with Crippen molar-refractivity contribution in [2.75, 3.05) is 24.6 Å². The van der Waals surface area contributed by atoms with Gasteiger partial charge >= 0.3 is 0 Å². The normalized spacial score (nSPS) is 13.1. The molecule has 0 saturated carbocycles. The number of carbonyl (C=O) groups is 2. The maximum absolute atomic E-state index is 13.3. The van der Waals surface area contributed by atoms with E-state index in [1.807, 2.05) is 90.7 Å². The highest BCUT2D eigenvalue weighted by molar-refractivity contribution is 5.94. The summed E-state index contributed by atoms with van der Waals surface area (Å²) in [6, 6.07) is 25.2. The van der Waals surface area contributed by atoms with Gasteiger partial charge in [-0.05, 0) is 55.2 Å². The largest absolute Gasteiger partial charge is 0.484 e. The zero-order valence-electron chi connectivity index (χ0n) is 19.1. The van der Waals surface area contributed by atoms with E-state index in [9.17, 15) is 9.59 Å². The molecule has 1 saturated heterocycles. The van der Waals surface area contributed by atoms with Gasteiger partial charge in [0.15, 0.2) is 6.61 Å². The maximum atomic E-state index is 13.3. The summed E-state index contributed by atoms with van der Waals surface area (Å²) >= 11 is 0. The Labute approximate surface area is 195 Å². The summed E-state index contributed by atoms with van der Waals surface area (Å²) in [5.74, 6) is 0.669. The number of amides is 2. The lowest BCUT2D eigenvalue weighted by Gasteiger charge is -2.24. The number of aryl methyl sites for hydroxylation is 1. The van der Waals surface area contributed by atoms with Gasteiger partial charge in [-0.2, -0.15) is 0 Å². The highest BCUT2D eigenvalue weighted by Crippen LogP contribution is 2.22. The van der Waals surface area contributed by atoms with Crippen LogP contribution in [0.4, 0.5) is 5.69 Å². The summed E-state index contributed by atoms with van der Waals surface area (Å²) < 4.78 is 5.74. The van der Waals surface area contributed by atoms with Crippen LogP contribution in [0.3, 0.4) is 0 Å². The average molecular weight is 443 g/mol. The Morgan fingerprint density at radius 3 is 2.33 bits per heavy atom. The molecule has 170 valence electrons. The molecule has 0 bridgehead atoms. The molecule has 1 fully saturated rings. The summed E-state index contributed by atoms with van der Waals surface area (Å²) in [5, 5.41) is 0. The molecule has 0 aromatic heterocycles. The van der Waals surface area contributed by atoms with Gasteiger partial charge in [0.2, 0.25) is 5.91 Å². The molecule has 4 rings (SSSR count). The van der Waals surface area contributed by atoms with E-state index in [2.05, 4.69) is 0 Å². The van der Waals surface area contributed by atoms with Crippen molar-refractivity contribution >= 4 is 17.5 Å². The number of hydrogen-bond acceptors (Lipinski definition) is 3. The van der Waals surface area contributed by atoms with Gasteiger partial charge in [-0.3, -0.25) is 9.59 Å². The summed E-state index contributed by atoms with van der Waals surface area (Å²) in [6.07, 6.45) is 2.50. The van der Waals surface area contributed by atoms with Crippen molar-refractivity contribution in [2.24, 2.45) is 0 Å². The summed E-state index contributed by atoms with van der Waals surface area (Å²) in [7, 11) is 0. The molecule has 0 spiro atoms. The van der Waals surface area contributed by atoms with E-state index in [1.54, 1.807) is 4.90 Å². The van der Waals surface area contributed by atoms with Gasteiger partial charge in [-0.1, -0.05) is 60.2 Å². The van der Waals surface area contributed by atoms with E-state index in [1.165, 1.54) is 5.56 Å². The Morgan fingerprint density at radius 2 is 1.61 bits per heavy atom. The van der Waals surface area contributed by atoms with Crippen molar-refractivity contribution in [3.8, 4) is 5.75 Å². The lowest BCUT2D eigenvalue weighted by molar-refractivity contribution is -0.129. The number of rotatable bonds is 8. The first-order chi connectivity index (χ1) is 16.1. The molecule has 0 atom stereocenters. The van der Waals surface area contributed by atoms with E-state index in [4.69, 9.17) is 4.74 Å². The quantitative estimate of drug-likeness (QED) is 0.505. The molecular weight excluding hydrogens is 412 g/mol. The number of ether oxygens (including phenoxy) is 1. The molecule has 2 amide bonds. The Morgan fingerprint density at radius 1 is 0.879 bits per heavy atom. The molecule has 3 aromatic carbocycles. The molecule has 5 heteroatoms. The molecule has 0 radical (unpaired) electrons. The van der Waals surface area contributed by atoms with Crippen LogP contribution < -0.4 is 9.64 Å². The van der Waals surface area contributed by atoms with Gasteiger partial charge in [0.1, 0.15) is 5.75 Å². The number of likely N-dealkylation sites (tertiary alicyclic amines) is 1. The van der Waals surface area contributed by atoms with Crippen LogP contribution in [-0.2, 0) is 22.6 Å². The van der Waals surface area contributed by atoms with E-state index in [0.29, 0.717) is 18.7 Å². The van der Waals surface area contributed by atoms with Gasteiger partial charge in [0.25, 0.3) is 5.91 Å². The molecule has 1 aliphatic heterocycles. The number of hydrogen-bond donors (Lipinski definition) is 0. The standard InChI is InChI=1S/C28H30N2O3/c1-22-12-14-23(15-13-22)20-30(28(32)21-33-26-10-3-2-4-11-26)25-9-7-8-24(18-25)19-27(31)29-16-5-6-17-29/h2-4,7-15,18H,5-6,16-17,19-21H2,1H3. The van der Waals surface area contributed by atoms with E-state index in [0.717, 1.165) is 42.7 Å². The molecule has 5 nitrogen and oxygen atoms in total. The molecule has 0 unspecified atom stereocenters. The predicted octanol–water partition coefficient (Wildman–Crippen LogP) is 4.77. The van der Waals surface area contributed by atoms with Crippen LogP contribution >= 0.6 is 0 Å². The number of nitrogens with zero attached hydrogens (tertiary/aromatic N) is 2. The first-order valence-corrected chi connectivity index (χ1v) is 11.5. The first kappa shape index (κ1) is 22.6. The minimum absolute atomic E-state index is 0.0627. The molecule has 3 aromatic rings. The van der Waals surface area contributed by atoms with Crippen LogP contribution in [0.2, 0.25) is 0 Å². The minimum Gasteiger partial charge on any atom is -0.484 e.